The summed E-state index contributed by atoms with van der Waals surface area (Å²) in [6.45, 7) is 2.29. The highest BCUT2D eigenvalue weighted by atomic mass is 14.7. The van der Waals surface area contributed by atoms with E-state index >= 15 is 0 Å². The van der Waals surface area contributed by atoms with Gasteiger partial charge >= 0.3 is 0 Å². The van der Waals surface area contributed by atoms with Crippen LogP contribution < -0.4 is 0 Å². The third-order valence-corrected chi connectivity index (χ3v) is 5.45. The third-order valence-electron chi connectivity index (χ3n) is 5.45. The summed E-state index contributed by atoms with van der Waals surface area (Å²) < 4.78 is 0. The predicted octanol–water partition coefficient (Wildman–Crippen LogP) is 6.46. The summed E-state index contributed by atoms with van der Waals surface area (Å²) in [5, 5.41) is 2.77. The second kappa shape index (κ2) is 5.79. The van der Waals surface area contributed by atoms with Crippen LogP contribution in [0.3, 0.4) is 0 Å². The number of fused-ring (bicyclic) bond motifs is 3. The molecule has 0 saturated heterocycles. The lowest BCUT2D eigenvalue weighted by atomic mass is 9.83. The summed E-state index contributed by atoms with van der Waals surface area (Å²) in [6, 6.07) is 13.3. The first-order valence-electron chi connectivity index (χ1n) is 8.84. The minimum atomic E-state index is 0.733. The molecule has 1 aromatic heterocycles. The fraction of sp³-hybridized carbons (Fsp3) is 0.429. The van der Waals surface area contributed by atoms with Crippen LogP contribution in [0.4, 0.5) is 0 Å². The molecule has 1 heterocycles. The average Bonchev–Trinajstić information content (AvgIpc) is 2.86. The van der Waals surface area contributed by atoms with Gasteiger partial charge in [-0.25, -0.2) is 0 Å². The molecule has 1 aliphatic carbocycles. The number of rotatable bonds is 1. The van der Waals surface area contributed by atoms with Crippen LogP contribution in [0.1, 0.15) is 62.0 Å². The van der Waals surface area contributed by atoms with Crippen molar-refractivity contribution in [1.29, 1.82) is 0 Å². The molecule has 0 aliphatic heterocycles. The quantitative estimate of drug-likeness (QED) is 0.529. The Labute approximate surface area is 132 Å². The van der Waals surface area contributed by atoms with Crippen molar-refractivity contribution in [3.63, 3.8) is 0 Å². The summed E-state index contributed by atoms with van der Waals surface area (Å²) in [5.41, 5.74) is 5.72. The van der Waals surface area contributed by atoms with Gasteiger partial charge in [-0.3, -0.25) is 0 Å². The van der Waals surface area contributed by atoms with Gasteiger partial charge < -0.3 is 4.98 Å². The Bertz CT molecular complexity index is 788. The molecule has 22 heavy (non-hydrogen) atoms. The highest BCUT2D eigenvalue weighted by Crippen LogP contribution is 2.38. The molecule has 0 atom stereocenters. The van der Waals surface area contributed by atoms with Crippen molar-refractivity contribution < 1.29 is 0 Å². The molecule has 0 unspecified atom stereocenters. The van der Waals surface area contributed by atoms with Crippen LogP contribution in [0, 0.1) is 6.92 Å². The van der Waals surface area contributed by atoms with Crippen LogP contribution in [-0.4, -0.2) is 4.98 Å². The van der Waals surface area contributed by atoms with Gasteiger partial charge in [0, 0.05) is 16.3 Å². The third kappa shape index (κ3) is 2.33. The van der Waals surface area contributed by atoms with Gasteiger partial charge in [0.05, 0.1) is 5.52 Å². The van der Waals surface area contributed by atoms with Crippen molar-refractivity contribution in [2.24, 2.45) is 0 Å². The Hall–Kier alpha value is -1.76. The molecule has 0 radical (unpaired) electrons. The highest BCUT2D eigenvalue weighted by Gasteiger charge is 2.19. The van der Waals surface area contributed by atoms with E-state index < -0.39 is 0 Å². The number of aromatic nitrogens is 1. The summed E-state index contributed by atoms with van der Waals surface area (Å²) in [5.74, 6) is 0.733. The lowest BCUT2D eigenvalue weighted by molar-refractivity contribution is 0.456. The van der Waals surface area contributed by atoms with Gasteiger partial charge in [-0.1, -0.05) is 62.4 Å². The summed E-state index contributed by atoms with van der Waals surface area (Å²) >= 11 is 0. The molecule has 0 bridgehead atoms. The van der Waals surface area contributed by atoms with E-state index in [9.17, 15) is 0 Å². The van der Waals surface area contributed by atoms with E-state index in [1.807, 2.05) is 0 Å². The summed E-state index contributed by atoms with van der Waals surface area (Å²) in [6.07, 6.45) is 9.75. The first kappa shape index (κ1) is 13.9. The zero-order chi connectivity index (χ0) is 14.9. The first-order chi connectivity index (χ1) is 10.8. The van der Waals surface area contributed by atoms with Crippen molar-refractivity contribution in [2.75, 3.05) is 0 Å². The monoisotopic (exact) mass is 291 g/mol. The largest absolute Gasteiger partial charge is 0.354 e. The number of hydrogen-bond acceptors (Lipinski definition) is 0. The summed E-state index contributed by atoms with van der Waals surface area (Å²) in [4.78, 5) is 3.72. The second-order valence-electron chi connectivity index (χ2n) is 6.93. The molecule has 1 N–H and O–H groups in total. The Morgan fingerprint density at radius 2 is 1.55 bits per heavy atom. The van der Waals surface area contributed by atoms with Gasteiger partial charge in [-0.2, -0.15) is 0 Å². The number of benzene rings is 2. The molecule has 1 nitrogen and oxygen atoms in total. The molecular weight excluding hydrogens is 266 g/mol. The SMILES string of the molecule is Cc1ccc2c([nH]c3ccccc32)c1C1CCCCCCC1. The maximum atomic E-state index is 3.72. The molecule has 114 valence electrons. The van der Waals surface area contributed by atoms with E-state index in [0.717, 1.165) is 5.92 Å². The van der Waals surface area contributed by atoms with Crippen LogP contribution in [-0.2, 0) is 0 Å². The zero-order valence-electron chi connectivity index (χ0n) is 13.5. The van der Waals surface area contributed by atoms with E-state index in [1.165, 1.54) is 72.3 Å². The normalized spacial score (nSPS) is 17.7. The van der Waals surface area contributed by atoms with Crippen LogP contribution in [0.25, 0.3) is 21.8 Å². The van der Waals surface area contributed by atoms with Crippen LogP contribution in [0.2, 0.25) is 0 Å². The van der Waals surface area contributed by atoms with E-state index in [-0.39, 0.29) is 0 Å². The minimum Gasteiger partial charge on any atom is -0.354 e. The van der Waals surface area contributed by atoms with E-state index in [4.69, 9.17) is 0 Å². The Morgan fingerprint density at radius 3 is 2.36 bits per heavy atom. The van der Waals surface area contributed by atoms with Crippen LogP contribution >= 0.6 is 0 Å². The van der Waals surface area contributed by atoms with Gasteiger partial charge in [-0.15, -0.1) is 0 Å². The maximum absolute atomic E-state index is 3.72. The Morgan fingerprint density at radius 1 is 0.818 bits per heavy atom. The second-order valence-corrected chi connectivity index (χ2v) is 6.93. The van der Waals surface area contributed by atoms with Gasteiger partial charge in [0.2, 0.25) is 0 Å². The van der Waals surface area contributed by atoms with Gasteiger partial charge in [0.15, 0.2) is 0 Å². The first-order valence-corrected chi connectivity index (χ1v) is 8.84. The van der Waals surface area contributed by atoms with Crippen molar-refractivity contribution >= 4 is 21.8 Å². The maximum Gasteiger partial charge on any atom is 0.0502 e. The fourth-order valence-corrected chi connectivity index (χ4v) is 4.32. The molecule has 2 aromatic carbocycles. The smallest absolute Gasteiger partial charge is 0.0502 e. The molecule has 4 rings (SSSR count). The molecular formula is C21H25N. The van der Waals surface area contributed by atoms with E-state index in [0.29, 0.717) is 0 Å². The number of nitrogens with one attached hydrogen (secondary N) is 1. The lowest BCUT2D eigenvalue weighted by Gasteiger charge is -2.22. The summed E-state index contributed by atoms with van der Waals surface area (Å²) in [7, 11) is 0. The standard InChI is InChI=1S/C21H25N/c1-15-13-14-18-17-11-7-8-12-19(17)22-21(18)20(15)16-9-5-3-2-4-6-10-16/h7-8,11-14,16,22H,2-6,9-10H2,1H3. The molecule has 0 amide bonds. The highest BCUT2D eigenvalue weighted by molar-refractivity contribution is 6.08. The number of H-pyrrole nitrogens is 1. The predicted molar refractivity (Wildman–Crippen MR) is 95.6 cm³/mol. The van der Waals surface area contributed by atoms with Crippen molar-refractivity contribution in [1.82, 2.24) is 4.98 Å². The molecule has 1 saturated carbocycles. The van der Waals surface area contributed by atoms with Crippen molar-refractivity contribution in [2.45, 2.75) is 57.8 Å². The lowest BCUT2D eigenvalue weighted by Crippen LogP contribution is -2.05. The van der Waals surface area contributed by atoms with Crippen LogP contribution in [0.5, 0.6) is 0 Å². The Kier molecular flexibility index (Phi) is 3.65. The van der Waals surface area contributed by atoms with Crippen molar-refractivity contribution in [3.05, 3.63) is 47.5 Å². The van der Waals surface area contributed by atoms with Gasteiger partial charge in [0.1, 0.15) is 0 Å². The number of para-hydroxylation sites is 1. The number of aromatic amines is 1. The molecule has 0 spiro atoms. The molecule has 1 aliphatic rings. The molecule has 1 fully saturated rings. The zero-order valence-corrected chi connectivity index (χ0v) is 13.5. The van der Waals surface area contributed by atoms with Gasteiger partial charge in [0.25, 0.3) is 0 Å². The number of hydrogen-bond donors (Lipinski definition) is 1. The van der Waals surface area contributed by atoms with Crippen molar-refractivity contribution in [3.8, 4) is 0 Å². The topological polar surface area (TPSA) is 15.8 Å². The number of aryl methyl sites for hydroxylation is 1. The minimum absolute atomic E-state index is 0.733. The van der Waals surface area contributed by atoms with Crippen LogP contribution in [0.15, 0.2) is 36.4 Å². The molecule has 3 aromatic rings. The van der Waals surface area contributed by atoms with E-state index in [2.05, 4.69) is 48.3 Å². The fourth-order valence-electron chi connectivity index (χ4n) is 4.32. The average molecular weight is 291 g/mol. The molecule has 1 heteroatoms. The Balaban J connectivity index is 1.89. The van der Waals surface area contributed by atoms with Gasteiger partial charge in [-0.05, 0) is 42.9 Å². The van der Waals surface area contributed by atoms with E-state index in [1.54, 1.807) is 5.56 Å².